The summed E-state index contributed by atoms with van der Waals surface area (Å²) in [7, 11) is 1.55. The van der Waals surface area contributed by atoms with Crippen molar-refractivity contribution in [2.75, 3.05) is 26.7 Å². The highest BCUT2D eigenvalue weighted by Crippen LogP contribution is 2.37. The van der Waals surface area contributed by atoms with Gasteiger partial charge in [-0.3, -0.25) is 4.79 Å². The van der Waals surface area contributed by atoms with E-state index in [1.54, 1.807) is 7.11 Å². The van der Waals surface area contributed by atoms with E-state index in [-0.39, 0.29) is 12.5 Å². The van der Waals surface area contributed by atoms with E-state index in [1.165, 1.54) is 19.3 Å². The quantitative estimate of drug-likeness (QED) is 0.728. The van der Waals surface area contributed by atoms with Gasteiger partial charge in [0.2, 0.25) is 0 Å². The average Bonchev–Trinajstić information content (AvgIpc) is 2.78. The number of likely N-dealkylation sites (tertiary alicyclic amines) is 1. The lowest BCUT2D eigenvalue weighted by molar-refractivity contribution is -0.140. The summed E-state index contributed by atoms with van der Waals surface area (Å²) in [4.78, 5) is 13.9. The Labute approximate surface area is 90.8 Å². The van der Waals surface area contributed by atoms with E-state index in [0.29, 0.717) is 0 Å². The molecule has 15 heavy (non-hydrogen) atoms. The van der Waals surface area contributed by atoms with E-state index < -0.39 is 6.10 Å². The fraction of sp³-hybridized carbons (Fsp3) is 0.909. The van der Waals surface area contributed by atoms with E-state index in [0.717, 1.165) is 24.9 Å². The van der Waals surface area contributed by atoms with Crippen LogP contribution in [-0.2, 0) is 9.53 Å². The fourth-order valence-corrected chi connectivity index (χ4v) is 2.92. The molecule has 2 N–H and O–H groups in total. The first-order valence-corrected chi connectivity index (χ1v) is 5.78. The van der Waals surface area contributed by atoms with Gasteiger partial charge in [0.05, 0.1) is 0 Å². The highest BCUT2D eigenvalue weighted by Gasteiger charge is 2.39. The molecular weight excluding hydrogens is 192 g/mol. The number of hydrogen-bond donors (Lipinski definition) is 1. The van der Waals surface area contributed by atoms with E-state index in [9.17, 15) is 4.79 Å². The fourth-order valence-electron chi connectivity index (χ4n) is 2.92. The third-order valence-electron chi connectivity index (χ3n) is 3.81. The second-order valence-corrected chi connectivity index (χ2v) is 4.65. The van der Waals surface area contributed by atoms with Gasteiger partial charge in [-0.15, -0.1) is 0 Å². The molecule has 0 radical (unpaired) electrons. The first kappa shape index (κ1) is 10.9. The minimum atomic E-state index is -0.441. The lowest BCUT2D eigenvalue weighted by Gasteiger charge is -2.22. The smallest absolute Gasteiger partial charge is 0.253 e. The van der Waals surface area contributed by atoms with Crippen molar-refractivity contribution >= 4 is 5.91 Å². The molecule has 0 aromatic heterocycles. The number of carbonyl (C=O) groups is 1. The third kappa shape index (κ3) is 2.01. The monoisotopic (exact) mass is 212 g/mol. The molecule has 86 valence electrons. The van der Waals surface area contributed by atoms with Crippen LogP contribution < -0.4 is 5.73 Å². The molecule has 4 nitrogen and oxygen atoms in total. The first-order valence-electron chi connectivity index (χ1n) is 5.78. The molecule has 1 saturated carbocycles. The molecular formula is C11H20N2O2. The van der Waals surface area contributed by atoms with Crippen LogP contribution >= 0.6 is 0 Å². The molecule has 0 aromatic carbocycles. The normalized spacial score (nSPS) is 31.7. The van der Waals surface area contributed by atoms with Crippen molar-refractivity contribution in [2.45, 2.75) is 25.4 Å². The minimum Gasteiger partial charge on any atom is -0.370 e. The highest BCUT2D eigenvalue weighted by atomic mass is 16.5. The minimum absolute atomic E-state index is 0.0781. The van der Waals surface area contributed by atoms with E-state index >= 15 is 0 Å². The summed E-state index contributed by atoms with van der Waals surface area (Å²) in [5.41, 5.74) is 5.50. The van der Waals surface area contributed by atoms with Crippen molar-refractivity contribution in [2.24, 2.45) is 17.6 Å². The summed E-state index contributed by atoms with van der Waals surface area (Å²) in [5, 5.41) is 0. The Morgan fingerprint density at radius 3 is 2.53 bits per heavy atom. The van der Waals surface area contributed by atoms with Gasteiger partial charge < -0.3 is 15.4 Å². The summed E-state index contributed by atoms with van der Waals surface area (Å²) in [6.07, 6.45) is 3.47. The Bertz CT molecular complexity index is 229. The molecule has 1 aliphatic heterocycles. The topological polar surface area (TPSA) is 55.6 Å². The second kappa shape index (κ2) is 4.49. The molecule has 0 spiro atoms. The Hall–Kier alpha value is -0.610. The summed E-state index contributed by atoms with van der Waals surface area (Å²) in [5.74, 6) is 1.56. The van der Waals surface area contributed by atoms with Gasteiger partial charge >= 0.3 is 0 Å². The van der Waals surface area contributed by atoms with Crippen LogP contribution in [0, 0.1) is 11.8 Å². The number of fused-ring (bicyclic) bond motifs is 1. The number of rotatable bonds is 3. The maximum Gasteiger partial charge on any atom is 0.253 e. The molecule has 2 fully saturated rings. The molecule has 2 rings (SSSR count). The number of methoxy groups -OCH3 is 1. The molecule has 1 heterocycles. The van der Waals surface area contributed by atoms with Crippen molar-refractivity contribution in [3.63, 3.8) is 0 Å². The Balaban J connectivity index is 1.92. The maximum absolute atomic E-state index is 12.0. The second-order valence-electron chi connectivity index (χ2n) is 4.65. The molecule has 1 aliphatic carbocycles. The zero-order valence-electron chi connectivity index (χ0n) is 9.32. The lowest BCUT2D eigenvalue weighted by Crippen LogP contribution is -2.42. The standard InChI is InChI=1S/C11H20N2O2/c1-15-10(5-12)11(14)13-6-8-3-2-4-9(8)7-13/h8-10H,2-7,12H2,1H3. The van der Waals surface area contributed by atoms with Crippen molar-refractivity contribution < 1.29 is 9.53 Å². The van der Waals surface area contributed by atoms with Crippen molar-refractivity contribution in [1.29, 1.82) is 0 Å². The predicted molar refractivity (Wildman–Crippen MR) is 57.3 cm³/mol. The van der Waals surface area contributed by atoms with Crippen LogP contribution in [0.15, 0.2) is 0 Å². The van der Waals surface area contributed by atoms with Gasteiger partial charge in [-0.25, -0.2) is 0 Å². The molecule has 0 bridgehead atoms. The largest absolute Gasteiger partial charge is 0.370 e. The summed E-state index contributed by atoms with van der Waals surface area (Å²) < 4.78 is 5.08. The molecule has 3 atom stereocenters. The molecule has 2 aliphatic rings. The average molecular weight is 212 g/mol. The van der Waals surface area contributed by atoms with Crippen LogP contribution in [0.1, 0.15) is 19.3 Å². The van der Waals surface area contributed by atoms with Gasteiger partial charge in [0.1, 0.15) is 6.10 Å². The van der Waals surface area contributed by atoms with Crippen molar-refractivity contribution in [3.05, 3.63) is 0 Å². The Morgan fingerprint density at radius 1 is 1.47 bits per heavy atom. The number of hydrogen-bond acceptors (Lipinski definition) is 3. The highest BCUT2D eigenvalue weighted by molar-refractivity contribution is 5.81. The van der Waals surface area contributed by atoms with Gasteiger partial charge in [0, 0.05) is 26.7 Å². The summed E-state index contributed by atoms with van der Waals surface area (Å²) in [6.45, 7) is 2.12. The zero-order valence-corrected chi connectivity index (χ0v) is 9.32. The van der Waals surface area contributed by atoms with Crippen LogP contribution in [0.3, 0.4) is 0 Å². The SMILES string of the molecule is COC(CN)C(=O)N1CC2CCCC2C1. The summed E-state index contributed by atoms with van der Waals surface area (Å²) >= 11 is 0. The third-order valence-corrected chi connectivity index (χ3v) is 3.81. The number of nitrogens with two attached hydrogens (primary N) is 1. The number of amides is 1. The number of nitrogens with zero attached hydrogens (tertiary/aromatic N) is 1. The van der Waals surface area contributed by atoms with Crippen molar-refractivity contribution in [1.82, 2.24) is 4.90 Å². The van der Waals surface area contributed by atoms with Gasteiger partial charge in [0.25, 0.3) is 5.91 Å². The van der Waals surface area contributed by atoms with Gasteiger partial charge in [-0.2, -0.15) is 0 Å². The Kier molecular flexibility index (Phi) is 3.26. The zero-order chi connectivity index (χ0) is 10.8. The van der Waals surface area contributed by atoms with Gasteiger partial charge in [-0.05, 0) is 24.7 Å². The molecule has 3 unspecified atom stereocenters. The molecule has 1 amide bonds. The van der Waals surface area contributed by atoms with Crippen LogP contribution in [0.2, 0.25) is 0 Å². The van der Waals surface area contributed by atoms with Crippen molar-refractivity contribution in [3.8, 4) is 0 Å². The Morgan fingerprint density at radius 2 is 2.07 bits per heavy atom. The van der Waals surface area contributed by atoms with Crippen LogP contribution in [-0.4, -0.2) is 43.7 Å². The van der Waals surface area contributed by atoms with E-state index in [1.807, 2.05) is 4.90 Å². The van der Waals surface area contributed by atoms with Crippen LogP contribution in [0.5, 0.6) is 0 Å². The van der Waals surface area contributed by atoms with E-state index in [4.69, 9.17) is 10.5 Å². The molecule has 4 heteroatoms. The number of carbonyl (C=O) groups excluding carboxylic acids is 1. The van der Waals surface area contributed by atoms with Crippen LogP contribution in [0.25, 0.3) is 0 Å². The van der Waals surface area contributed by atoms with Gasteiger partial charge in [0.15, 0.2) is 0 Å². The molecule has 1 saturated heterocycles. The lowest BCUT2D eigenvalue weighted by atomic mass is 10.0. The predicted octanol–water partition coefficient (Wildman–Crippen LogP) is 0.219. The maximum atomic E-state index is 12.0. The van der Waals surface area contributed by atoms with Gasteiger partial charge in [-0.1, -0.05) is 6.42 Å². The molecule has 0 aromatic rings. The summed E-state index contributed by atoms with van der Waals surface area (Å²) in [6, 6.07) is 0. The number of ether oxygens (including phenoxy) is 1. The van der Waals surface area contributed by atoms with Crippen LogP contribution in [0.4, 0.5) is 0 Å². The first-order chi connectivity index (χ1) is 7.26. The van der Waals surface area contributed by atoms with E-state index in [2.05, 4.69) is 0 Å².